The molecule has 0 atom stereocenters. The fourth-order valence-electron chi connectivity index (χ4n) is 2.78. The second kappa shape index (κ2) is 4.55. The summed E-state index contributed by atoms with van der Waals surface area (Å²) in [5.41, 5.74) is 10.4. The Labute approximate surface area is 122 Å². The molecule has 1 saturated carbocycles. The van der Waals surface area contributed by atoms with Crippen molar-refractivity contribution in [3.63, 3.8) is 0 Å². The zero-order valence-corrected chi connectivity index (χ0v) is 12.0. The first-order valence-corrected chi connectivity index (χ1v) is 7.25. The largest absolute Gasteiger partial charge is 0.383 e. The highest BCUT2D eigenvalue weighted by atomic mass is 15.3. The Bertz CT molecular complexity index is 817. The topological polar surface area (TPSA) is 69.6 Å². The number of hydrogen-bond acceptors (Lipinski definition) is 4. The molecule has 1 aromatic carbocycles. The van der Waals surface area contributed by atoms with Gasteiger partial charge in [0.15, 0.2) is 5.65 Å². The number of nitrogens with zero attached hydrogens (tertiary/aromatic N) is 4. The molecule has 5 nitrogen and oxygen atoms in total. The fourth-order valence-corrected chi connectivity index (χ4v) is 2.78. The second-order valence-electron chi connectivity index (χ2n) is 5.75. The highest BCUT2D eigenvalue weighted by Gasteiger charge is 2.28. The molecule has 3 aromatic rings. The van der Waals surface area contributed by atoms with Crippen LogP contribution < -0.4 is 5.73 Å². The van der Waals surface area contributed by atoms with Gasteiger partial charge in [0.05, 0.1) is 17.1 Å². The van der Waals surface area contributed by atoms with E-state index in [0.29, 0.717) is 11.9 Å². The molecule has 0 aliphatic heterocycles. The highest BCUT2D eigenvalue weighted by Crippen LogP contribution is 2.38. The van der Waals surface area contributed by atoms with Crippen LogP contribution in [0.2, 0.25) is 0 Å². The van der Waals surface area contributed by atoms with Crippen LogP contribution in [0.5, 0.6) is 0 Å². The van der Waals surface area contributed by atoms with Crippen LogP contribution in [0.25, 0.3) is 11.0 Å². The third-order valence-corrected chi connectivity index (χ3v) is 3.94. The van der Waals surface area contributed by atoms with Crippen LogP contribution in [-0.2, 0) is 6.42 Å². The van der Waals surface area contributed by atoms with Crippen molar-refractivity contribution in [3.05, 3.63) is 47.4 Å². The highest BCUT2D eigenvalue weighted by molar-refractivity contribution is 5.88. The summed E-state index contributed by atoms with van der Waals surface area (Å²) in [4.78, 5) is 8.53. The molecule has 2 aromatic heterocycles. The van der Waals surface area contributed by atoms with E-state index in [1.807, 2.05) is 4.68 Å². The number of fused-ring (bicyclic) bond motifs is 1. The van der Waals surface area contributed by atoms with Crippen molar-refractivity contribution in [2.24, 2.45) is 0 Å². The molecule has 0 bridgehead atoms. The first-order valence-electron chi connectivity index (χ1n) is 7.25. The van der Waals surface area contributed by atoms with Gasteiger partial charge < -0.3 is 5.73 Å². The van der Waals surface area contributed by atoms with E-state index < -0.39 is 0 Å². The van der Waals surface area contributed by atoms with Gasteiger partial charge in [0, 0.05) is 6.42 Å². The van der Waals surface area contributed by atoms with E-state index in [0.717, 1.165) is 23.1 Å². The Morgan fingerprint density at radius 2 is 2.14 bits per heavy atom. The van der Waals surface area contributed by atoms with Crippen molar-refractivity contribution in [2.75, 3.05) is 5.73 Å². The van der Waals surface area contributed by atoms with Gasteiger partial charge in [0.1, 0.15) is 12.1 Å². The van der Waals surface area contributed by atoms with Crippen LogP contribution in [0.4, 0.5) is 5.82 Å². The van der Waals surface area contributed by atoms with E-state index in [-0.39, 0.29) is 0 Å². The summed E-state index contributed by atoms with van der Waals surface area (Å²) in [5, 5.41) is 5.68. The molecule has 2 heterocycles. The summed E-state index contributed by atoms with van der Waals surface area (Å²) >= 11 is 0. The number of hydrogen-bond donors (Lipinski definition) is 1. The van der Waals surface area contributed by atoms with Gasteiger partial charge >= 0.3 is 0 Å². The summed E-state index contributed by atoms with van der Waals surface area (Å²) in [6, 6.07) is 8.96. The van der Waals surface area contributed by atoms with Gasteiger partial charge in [0.25, 0.3) is 0 Å². The van der Waals surface area contributed by atoms with Gasteiger partial charge in [-0.25, -0.2) is 14.6 Å². The maximum Gasteiger partial charge on any atom is 0.163 e. The Kier molecular flexibility index (Phi) is 2.67. The second-order valence-corrected chi connectivity index (χ2v) is 5.75. The molecule has 1 aliphatic carbocycles. The molecule has 0 radical (unpaired) electrons. The molecule has 0 spiro atoms. The van der Waals surface area contributed by atoms with E-state index in [9.17, 15) is 0 Å². The van der Waals surface area contributed by atoms with E-state index in [4.69, 9.17) is 10.8 Å². The predicted octanol–water partition coefficient (Wildman–Crippen LogP) is 2.64. The lowest BCUT2D eigenvalue weighted by molar-refractivity contribution is 0.648. The minimum atomic E-state index is 0.480. The van der Waals surface area contributed by atoms with Crippen molar-refractivity contribution >= 4 is 16.9 Å². The summed E-state index contributed by atoms with van der Waals surface area (Å²) in [7, 11) is 0. The van der Waals surface area contributed by atoms with Crippen molar-refractivity contribution in [1.29, 1.82) is 0 Å². The Morgan fingerprint density at radius 1 is 1.29 bits per heavy atom. The molecule has 106 valence electrons. The average Bonchev–Trinajstić information content (AvgIpc) is 3.23. The van der Waals surface area contributed by atoms with E-state index >= 15 is 0 Å². The summed E-state index contributed by atoms with van der Waals surface area (Å²) in [6.45, 7) is 2.10. The lowest BCUT2D eigenvalue weighted by Gasteiger charge is -2.01. The number of aryl methyl sites for hydroxylation is 1. The lowest BCUT2D eigenvalue weighted by Crippen LogP contribution is -1.99. The number of aromatic nitrogens is 4. The van der Waals surface area contributed by atoms with Crippen LogP contribution in [-0.4, -0.2) is 19.7 Å². The van der Waals surface area contributed by atoms with Crippen molar-refractivity contribution in [2.45, 2.75) is 32.2 Å². The third kappa shape index (κ3) is 2.14. The number of benzene rings is 1. The molecule has 4 rings (SSSR count). The first kappa shape index (κ1) is 12.3. The normalized spacial score (nSPS) is 14.7. The van der Waals surface area contributed by atoms with Crippen LogP contribution in [0, 0.1) is 6.92 Å². The van der Waals surface area contributed by atoms with Gasteiger partial charge in [-0.2, -0.15) is 5.10 Å². The van der Waals surface area contributed by atoms with Gasteiger partial charge in [-0.15, -0.1) is 0 Å². The standard InChI is InChI=1S/C16H17N5/c1-10-3-2-4-11(7-10)8-13-14-15(17)18-9-19-16(14)21(20-13)12-5-6-12/h2-4,7,9,12H,5-6,8H2,1H3,(H2,17,18,19). The Balaban J connectivity index is 1.84. The van der Waals surface area contributed by atoms with E-state index in [2.05, 4.69) is 41.2 Å². The Hall–Kier alpha value is -2.43. The molecule has 21 heavy (non-hydrogen) atoms. The van der Waals surface area contributed by atoms with Gasteiger partial charge in [-0.05, 0) is 25.3 Å². The molecule has 0 unspecified atom stereocenters. The van der Waals surface area contributed by atoms with Crippen LogP contribution >= 0.6 is 0 Å². The minimum absolute atomic E-state index is 0.480. The minimum Gasteiger partial charge on any atom is -0.383 e. The first-order chi connectivity index (χ1) is 10.2. The molecule has 0 saturated heterocycles. The quantitative estimate of drug-likeness (QED) is 0.800. The average molecular weight is 279 g/mol. The lowest BCUT2D eigenvalue weighted by atomic mass is 10.1. The monoisotopic (exact) mass is 279 g/mol. The zero-order chi connectivity index (χ0) is 14.4. The maximum absolute atomic E-state index is 6.07. The molecular weight excluding hydrogens is 262 g/mol. The van der Waals surface area contributed by atoms with E-state index in [1.54, 1.807) is 0 Å². The molecule has 2 N–H and O–H groups in total. The third-order valence-electron chi connectivity index (χ3n) is 3.94. The summed E-state index contributed by atoms with van der Waals surface area (Å²) in [6.07, 6.45) is 4.62. The van der Waals surface area contributed by atoms with Gasteiger partial charge in [-0.1, -0.05) is 29.8 Å². The van der Waals surface area contributed by atoms with Crippen LogP contribution in [0.1, 0.15) is 35.7 Å². The molecule has 0 amide bonds. The molecule has 1 fully saturated rings. The van der Waals surface area contributed by atoms with Crippen LogP contribution in [0.15, 0.2) is 30.6 Å². The van der Waals surface area contributed by atoms with Crippen molar-refractivity contribution < 1.29 is 0 Å². The number of nitrogen functional groups attached to an aromatic ring is 1. The zero-order valence-electron chi connectivity index (χ0n) is 12.0. The maximum atomic E-state index is 6.07. The number of nitrogens with two attached hydrogens (primary N) is 1. The SMILES string of the molecule is Cc1cccc(Cc2nn(C3CC3)c3ncnc(N)c23)c1. The molecule has 5 heteroatoms. The number of anilines is 1. The molecular formula is C16H17N5. The molecule has 1 aliphatic rings. The van der Waals surface area contributed by atoms with Gasteiger partial charge in [0.2, 0.25) is 0 Å². The summed E-state index contributed by atoms with van der Waals surface area (Å²) < 4.78 is 2.03. The van der Waals surface area contributed by atoms with Crippen LogP contribution in [0.3, 0.4) is 0 Å². The van der Waals surface area contributed by atoms with Crippen molar-refractivity contribution in [1.82, 2.24) is 19.7 Å². The summed E-state index contributed by atoms with van der Waals surface area (Å²) in [5.74, 6) is 0.523. The smallest absolute Gasteiger partial charge is 0.163 e. The van der Waals surface area contributed by atoms with E-state index in [1.165, 1.54) is 30.3 Å². The fraction of sp³-hybridized carbons (Fsp3) is 0.312. The Morgan fingerprint density at radius 3 is 2.90 bits per heavy atom. The van der Waals surface area contributed by atoms with Gasteiger partial charge in [-0.3, -0.25) is 0 Å². The van der Waals surface area contributed by atoms with Crippen molar-refractivity contribution in [3.8, 4) is 0 Å². The predicted molar refractivity (Wildman–Crippen MR) is 82.0 cm³/mol. The number of rotatable bonds is 3.